The van der Waals surface area contributed by atoms with Crippen molar-refractivity contribution in [3.8, 4) is 5.75 Å². The van der Waals surface area contributed by atoms with Crippen molar-refractivity contribution in [1.82, 2.24) is 0 Å². The molecule has 0 saturated heterocycles. The average Bonchev–Trinajstić information content (AvgIpc) is 2.35. The number of fused-ring (bicyclic) bond motifs is 1. The predicted molar refractivity (Wildman–Crippen MR) is 42.1 cm³/mol. The molecule has 0 fully saturated rings. The zero-order valence-corrected chi connectivity index (χ0v) is 6.36. The zero-order chi connectivity index (χ0) is 8.72. The summed E-state index contributed by atoms with van der Waals surface area (Å²) in [5.74, 6) is -0.703. The van der Waals surface area contributed by atoms with Gasteiger partial charge in [0.1, 0.15) is 0 Å². The fourth-order valence-corrected chi connectivity index (χ4v) is 1.46. The van der Waals surface area contributed by atoms with Crippen molar-refractivity contribution in [3.05, 3.63) is 29.1 Å². The van der Waals surface area contributed by atoms with E-state index in [0.29, 0.717) is 18.4 Å². The molecule has 1 aliphatic rings. The molecule has 1 aromatic carbocycles. The van der Waals surface area contributed by atoms with Crippen LogP contribution in [0.4, 0.5) is 4.39 Å². The van der Waals surface area contributed by atoms with E-state index >= 15 is 0 Å². The number of rotatable bonds is 0. The van der Waals surface area contributed by atoms with Crippen molar-refractivity contribution in [2.75, 3.05) is 0 Å². The topological polar surface area (TPSA) is 40.0 Å². The molecule has 0 bridgehead atoms. The first-order valence-corrected chi connectivity index (χ1v) is 3.75. The van der Waals surface area contributed by atoms with E-state index in [4.69, 9.17) is 5.11 Å². The Morgan fingerprint density at radius 1 is 1.33 bits per heavy atom. The maximum absolute atomic E-state index is 12.8. The van der Waals surface area contributed by atoms with Gasteiger partial charge in [-0.3, -0.25) is 4.79 Å². The summed E-state index contributed by atoms with van der Waals surface area (Å²) in [5.41, 5.74) is 1.27. The molecule has 0 saturated carbocycles. The molecule has 0 amide bonds. The third-order valence-corrected chi connectivity index (χ3v) is 2.11. The summed E-state index contributed by atoms with van der Waals surface area (Å²) in [6.07, 6.45) is 1.07. The van der Waals surface area contributed by atoms with E-state index in [1.54, 1.807) is 0 Å². The Balaban J connectivity index is 2.63. The van der Waals surface area contributed by atoms with E-state index in [1.807, 2.05) is 0 Å². The smallest absolute Gasteiger partial charge is 0.291 e. The summed E-state index contributed by atoms with van der Waals surface area (Å²) < 4.78 is 12.8. The second-order valence-electron chi connectivity index (χ2n) is 2.91. The summed E-state index contributed by atoms with van der Waals surface area (Å²) in [5, 5.41) is 7.15. The normalized spacial score (nSPS) is 14.9. The summed E-state index contributed by atoms with van der Waals surface area (Å²) in [7, 11) is 0. The number of ketones is 1. The lowest BCUT2D eigenvalue weighted by atomic mass is 10.1. The Morgan fingerprint density at radius 2 is 2.08 bits per heavy atom. The van der Waals surface area contributed by atoms with E-state index in [-0.39, 0.29) is 11.5 Å². The van der Waals surface area contributed by atoms with Gasteiger partial charge in [0.15, 0.2) is 5.78 Å². The summed E-state index contributed by atoms with van der Waals surface area (Å²) >= 11 is 0. The predicted octanol–water partition coefficient (Wildman–Crippen LogP) is 1.39. The molecule has 1 aromatic rings. The van der Waals surface area contributed by atoms with Crippen molar-refractivity contribution in [1.29, 1.82) is 0 Å². The third kappa shape index (κ3) is 0.897. The highest BCUT2D eigenvalue weighted by Gasteiger charge is 2.22. The largest absolute Gasteiger partial charge is 0.591 e. The number of hydrogen-bond donors (Lipinski definition) is 0. The van der Waals surface area contributed by atoms with Crippen molar-refractivity contribution >= 4 is 5.78 Å². The molecule has 0 heterocycles. The maximum atomic E-state index is 12.8. The third-order valence-electron chi connectivity index (χ3n) is 2.11. The fourth-order valence-electron chi connectivity index (χ4n) is 1.46. The van der Waals surface area contributed by atoms with E-state index in [9.17, 15) is 9.18 Å². The van der Waals surface area contributed by atoms with Crippen LogP contribution >= 0.6 is 0 Å². The van der Waals surface area contributed by atoms with Crippen LogP contribution in [0.3, 0.4) is 0 Å². The van der Waals surface area contributed by atoms with Crippen LogP contribution in [0.1, 0.15) is 22.3 Å². The Bertz CT molecular complexity index is 358. The fraction of sp³-hybridized carbons (Fsp3) is 0.222. The number of aryl methyl sites for hydroxylation is 1. The van der Waals surface area contributed by atoms with Gasteiger partial charge in [0, 0.05) is 18.1 Å². The van der Waals surface area contributed by atoms with Gasteiger partial charge in [-0.15, -0.1) is 0 Å². The second kappa shape index (κ2) is 2.30. The van der Waals surface area contributed by atoms with Gasteiger partial charge in [0.2, 0.25) is 5.82 Å². The first-order valence-electron chi connectivity index (χ1n) is 3.75. The number of hydrogen-bond acceptors (Lipinski definition) is 1. The average molecular weight is 167 g/mol. The van der Waals surface area contributed by atoms with Gasteiger partial charge in [-0.25, -0.2) is 0 Å². The Kier molecular flexibility index (Phi) is 1.40. The summed E-state index contributed by atoms with van der Waals surface area (Å²) in [6, 6.07) is 2.61. The Hall–Kier alpha value is -1.38. The molecular formula is C9H8FO2+. The Morgan fingerprint density at radius 3 is 2.83 bits per heavy atom. The monoisotopic (exact) mass is 167 g/mol. The lowest BCUT2D eigenvalue weighted by Gasteiger charge is -1.96. The molecule has 2 N–H and O–H groups in total. The van der Waals surface area contributed by atoms with E-state index in [1.165, 1.54) is 12.1 Å². The highest BCUT2D eigenvalue weighted by molar-refractivity contribution is 6.00. The molecule has 2 rings (SSSR count). The highest BCUT2D eigenvalue weighted by Crippen LogP contribution is 2.27. The van der Waals surface area contributed by atoms with Gasteiger partial charge in [-0.2, -0.15) is 4.39 Å². The number of benzene rings is 1. The van der Waals surface area contributed by atoms with Crippen LogP contribution in [-0.2, 0) is 6.42 Å². The van der Waals surface area contributed by atoms with Crippen LogP contribution in [0.15, 0.2) is 12.1 Å². The first kappa shape index (κ1) is 7.28. The van der Waals surface area contributed by atoms with Crippen LogP contribution < -0.4 is 0 Å². The van der Waals surface area contributed by atoms with E-state index in [0.717, 1.165) is 5.56 Å². The van der Waals surface area contributed by atoms with Gasteiger partial charge < -0.3 is 5.11 Å². The molecule has 3 heteroatoms. The molecule has 0 aliphatic heterocycles. The zero-order valence-electron chi connectivity index (χ0n) is 6.36. The Labute approximate surface area is 68.6 Å². The molecule has 1 aliphatic carbocycles. The molecule has 0 radical (unpaired) electrons. The van der Waals surface area contributed by atoms with Crippen molar-refractivity contribution in [3.63, 3.8) is 0 Å². The summed E-state index contributed by atoms with van der Waals surface area (Å²) in [6.45, 7) is 0. The number of Topliss-reactive ketones (excluding diaryl/α,β-unsaturated/α-hetero) is 1. The van der Waals surface area contributed by atoms with Crippen molar-refractivity contribution in [2.24, 2.45) is 0 Å². The molecule has 0 unspecified atom stereocenters. The van der Waals surface area contributed by atoms with Gasteiger partial charge in [-0.05, 0) is 18.1 Å². The molecule has 0 atom stereocenters. The number of carbonyl (C=O) groups excluding carboxylic acids is 1. The molecular weight excluding hydrogens is 159 g/mol. The van der Waals surface area contributed by atoms with E-state index < -0.39 is 5.82 Å². The van der Waals surface area contributed by atoms with E-state index in [2.05, 4.69) is 0 Å². The lowest BCUT2D eigenvalue weighted by molar-refractivity contribution is 0.0994. The molecule has 62 valence electrons. The lowest BCUT2D eigenvalue weighted by Crippen LogP contribution is -1.91. The van der Waals surface area contributed by atoms with Crippen LogP contribution in [0.2, 0.25) is 0 Å². The van der Waals surface area contributed by atoms with Crippen molar-refractivity contribution < 1.29 is 14.3 Å². The second-order valence-corrected chi connectivity index (χ2v) is 2.91. The minimum Gasteiger partial charge on any atom is -0.591 e. The molecule has 12 heavy (non-hydrogen) atoms. The van der Waals surface area contributed by atoms with Gasteiger partial charge in [0.25, 0.3) is 5.75 Å². The molecule has 2 nitrogen and oxygen atoms in total. The van der Waals surface area contributed by atoms with Crippen LogP contribution in [-0.4, -0.2) is 10.9 Å². The van der Waals surface area contributed by atoms with Crippen LogP contribution in [0.25, 0.3) is 0 Å². The highest BCUT2D eigenvalue weighted by atomic mass is 19.1. The van der Waals surface area contributed by atoms with Crippen LogP contribution in [0, 0.1) is 5.82 Å². The summed E-state index contributed by atoms with van der Waals surface area (Å²) in [4.78, 5) is 11.1. The van der Waals surface area contributed by atoms with Gasteiger partial charge in [-0.1, -0.05) is 0 Å². The van der Waals surface area contributed by atoms with Gasteiger partial charge >= 0.3 is 0 Å². The molecule has 0 spiro atoms. The van der Waals surface area contributed by atoms with Gasteiger partial charge in [0.05, 0.1) is 0 Å². The minimum absolute atomic E-state index is 0.0264. The molecule has 0 aromatic heterocycles. The number of halogens is 1. The minimum atomic E-state index is -0.538. The number of carbonyl (C=O) groups is 1. The SMILES string of the molecule is O=C1CCc2cc(F)c([OH2+])cc21. The quantitative estimate of drug-likeness (QED) is 0.538. The maximum Gasteiger partial charge on any atom is 0.291 e. The van der Waals surface area contributed by atoms with Crippen molar-refractivity contribution in [2.45, 2.75) is 12.8 Å². The van der Waals surface area contributed by atoms with Crippen LogP contribution in [0.5, 0.6) is 5.75 Å². The first-order chi connectivity index (χ1) is 5.68. The standard InChI is InChI=1S/C9H7FO2/c10-7-3-5-1-2-8(11)6(5)4-9(7)12/h3-4,12H,1-2H2/p+1.